The van der Waals surface area contributed by atoms with Crippen LogP contribution in [0.1, 0.15) is 47.8 Å². The van der Waals surface area contributed by atoms with Crippen LogP contribution < -0.4 is 5.32 Å². The molecular weight excluding hydrogens is 428 g/mol. The largest absolute Gasteiger partial charge is 0.480 e. The number of nitrogens with zero attached hydrogens (tertiary/aromatic N) is 1. The van der Waals surface area contributed by atoms with Crippen LogP contribution >= 0.6 is 0 Å². The average molecular weight is 457 g/mol. The van der Waals surface area contributed by atoms with Crippen LogP contribution in [0.5, 0.6) is 0 Å². The van der Waals surface area contributed by atoms with Crippen molar-refractivity contribution in [1.29, 1.82) is 0 Å². The van der Waals surface area contributed by atoms with Gasteiger partial charge in [-0.1, -0.05) is 72.8 Å². The van der Waals surface area contributed by atoms with Crippen molar-refractivity contribution in [2.45, 2.75) is 38.4 Å². The molecule has 1 amide bonds. The number of aliphatic carboxylic acids is 1. The highest BCUT2D eigenvalue weighted by atomic mass is 16.4. The van der Waals surface area contributed by atoms with E-state index in [1.54, 1.807) is 30.9 Å². The molecule has 0 aliphatic carbocycles. The Labute approximate surface area is 199 Å². The highest BCUT2D eigenvalue weighted by molar-refractivity contribution is 6.05. The predicted octanol–water partition coefficient (Wildman–Crippen LogP) is 4.46. The fraction of sp³-hybridized carbons (Fsp3) is 0.250. The first-order valence-electron chi connectivity index (χ1n) is 11.3. The first-order chi connectivity index (χ1) is 16.3. The van der Waals surface area contributed by atoms with Crippen LogP contribution in [-0.2, 0) is 16.1 Å². The van der Waals surface area contributed by atoms with E-state index in [1.807, 2.05) is 66.7 Å². The quantitative estimate of drug-likeness (QED) is 0.496. The van der Waals surface area contributed by atoms with Gasteiger partial charge < -0.3 is 15.3 Å². The Bertz CT molecular complexity index is 1220. The lowest BCUT2D eigenvalue weighted by molar-refractivity contribution is -0.136. The number of hydrogen-bond donors (Lipinski definition) is 2. The minimum absolute atomic E-state index is 0.0867. The average Bonchev–Trinajstić information content (AvgIpc) is 3.10. The molecule has 0 bridgehead atoms. The molecule has 1 aliphatic heterocycles. The Morgan fingerprint density at radius 2 is 1.53 bits per heavy atom. The van der Waals surface area contributed by atoms with Crippen LogP contribution in [0.3, 0.4) is 0 Å². The SMILES string of the molecule is CC(C)(CC(=O)C1c2ccccc2C(=O)N1Cc1ccccc1-c1ccccc1)NCC(=O)O. The molecule has 0 spiro atoms. The van der Waals surface area contributed by atoms with Crippen LogP contribution in [-0.4, -0.2) is 39.7 Å². The second kappa shape index (κ2) is 9.61. The van der Waals surface area contributed by atoms with E-state index in [0.717, 1.165) is 16.7 Å². The van der Waals surface area contributed by atoms with E-state index >= 15 is 0 Å². The van der Waals surface area contributed by atoms with E-state index in [4.69, 9.17) is 5.11 Å². The van der Waals surface area contributed by atoms with Crippen LogP contribution in [0.15, 0.2) is 78.9 Å². The molecule has 4 rings (SSSR count). The van der Waals surface area contributed by atoms with Gasteiger partial charge in [0.15, 0.2) is 5.78 Å². The standard InChI is InChI=1S/C28H28N2O4/c1-28(2,29-17-25(32)33)16-24(31)26-22-14-8-9-15-23(22)27(34)30(26)18-20-12-6-7-13-21(20)19-10-4-3-5-11-19/h3-15,26,29H,16-18H2,1-2H3,(H,32,33). The number of nitrogens with one attached hydrogen (secondary N) is 1. The molecule has 174 valence electrons. The van der Waals surface area contributed by atoms with Crippen molar-refractivity contribution in [3.8, 4) is 11.1 Å². The number of ketones is 1. The van der Waals surface area contributed by atoms with Crippen molar-refractivity contribution in [2.24, 2.45) is 0 Å². The topological polar surface area (TPSA) is 86.7 Å². The molecule has 1 unspecified atom stereocenters. The highest BCUT2D eigenvalue weighted by Crippen LogP contribution is 2.38. The molecule has 3 aromatic rings. The lowest BCUT2D eigenvalue weighted by Gasteiger charge is -2.30. The summed E-state index contributed by atoms with van der Waals surface area (Å²) in [5.74, 6) is -1.28. The molecule has 1 atom stereocenters. The van der Waals surface area contributed by atoms with Gasteiger partial charge in [0.25, 0.3) is 5.91 Å². The third kappa shape index (κ3) is 4.92. The fourth-order valence-electron chi connectivity index (χ4n) is 4.53. The van der Waals surface area contributed by atoms with E-state index in [1.165, 1.54) is 0 Å². The van der Waals surface area contributed by atoms with Gasteiger partial charge in [-0.25, -0.2) is 0 Å². The number of amides is 1. The zero-order chi connectivity index (χ0) is 24.3. The summed E-state index contributed by atoms with van der Waals surface area (Å²) in [5.41, 5.74) is 3.52. The van der Waals surface area contributed by atoms with Gasteiger partial charge >= 0.3 is 5.97 Å². The smallest absolute Gasteiger partial charge is 0.317 e. The molecule has 0 radical (unpaired) electrons. The van der Waals surface area contributed by atoms with Gasteiger partial charge in [-0.2, -0.15) is 0 Å². The van der Waals surface area contributed by atoms with E-state index in [9.17, 15) is 14.4 Å². The molecule has 0 aromatic heterocycles. The number of carboxylic acid groups (broad SMARTS) is 1. The van der Waals surface area contributed by atoms with Crippen molar-refractivity contribution in [2.75, 3.05) is 6.54 Å². The summed E-state index contributed by atoms with van der Waals surface area (Å²) in [6, 6.07) is 24.4. The maximum Gasteiger partial charge on any atom is 0.317 e. The van der Waals surface area contributed by atoms with Gasteiger partial charge in [-0.15, -0.1) is 0 Å². The zero-order valence-corrected chi connectivity index (χ0v) is 19.3. The van der Waals surface area contributed by atoms with Crippen LogP contribution in [0.25, 0.3) is 11.1 Å². The number of fused-ring (bicyclic) bond motifs is 1. The summed E-state index contributed by atoms with van der Waals surface area (Å²) in [7, 11) is 0. The molecule has 2 N–H and O–H groups in total. The Morgan fingerprint density at radius 1 is 0.912 bits per heavy atom. The van der Waals surface area contributed by atoms with Crippen molar-refractivity contribution >= 4 is 17.7 Å². The summed E-state index contributed by atoms with van der Waals surface area (Å²) in [4.78, 5) is 39.7. The third-order valence-corrected chi connectivity index (χ3v) is 6.14. The first-order valence-corrected chi connectivity index (χ1v) is 11.3. The second-order valence-corrected chi connectivity index (χ2v) is 9.22. The van der Waals surface area contributed by atoms with Gasteiger partial charge in [0, 0.05) is 24.1 Å². The number of benzene rings is 3. The maximum absolute atomic E-state index is 13.6. The van der Waals surface area contributed by atoms with E-state index < -0.39 is 17.6 Å². The lowest BCUT2D eigenvalue weighted by atomic mass is 9.91. The molecule has 6 heteroatoms. The molecule has 0 saturated heterocycles. The summed E-state index contributed by atoms with van der Waals surface area (Å²) in [6.45, 7) is 3.64. The first kappa shape index (κ1) is 23.4. The molecule has 34 heavy (non-hydrogen) atoms. The van der Waals surface area contributed by atoms with Crippen LogP contribution in [0.2, 0.25) is 0 Å². The third-order valence-electron chi connectivity index (χ3n) is 6.14. The predicted molar refractivity (Wildman–Crippen MR) is 130 cm³/mol. The highest BCUT2D eigenvalue weighted by Gasteiger charge is 2.42. The van der Waals surface area contributed by atoms with Gasteiger partial charge in [0.05, 0.1) is 6.54 Å². The number of carbonyl (C=O) groups excluding carboxylic acids is 2. The molecule has 3 aromatic carbocycles. The van der Waals surface area contributed by atoms with E-state index in [0.29, 0.717) is 11.1 Å². The van der Waals surface area contributed by atoms with Crippen LogP contribution in [0.4, 0.5) is 0 Å². The van der Waals surface area contributed by atoms with Crippen molar-refractivity contribution in [3.63, 3.8) is 0 Å². The van der Waals surface area contributed by atoms with Gasteiger partial charge in [0.2, 0.25) is 0 Å². The maximum atomic E-state index is 13.6. The summed E-state index contributed by atoms with van der Waals surface area (Å²) >= 11 is 0. The lowest BCUT2D eigenvalue weighted by Crippen LogP contribution is -2.45. The summed E-state index contributed by atoms with van der Waals surface area (Å²) < 4.78 is 0. The van der Waals surface area contributed by atoms with Crippen LogP contribution in [0, 0.1) is 0 Å². The molecule has 0 saturated carbocycles. The Morgan fingerprint density at radius 3 is 2.24 bits per heavy atom. The molecular formula is C28H28N2O4. The molecule has 1 heterocycles. The minimum Gasteiger partial charge on any atom is -0.480 e. The zero-order valence-electron chi connectivity index (χ0n) is 19.3. The van der Waals surface area contributed by atoms with Crippen molar-refractivity contribution in [1.82, 2.24) is 10.2 Å². The number of carbonyl (C=O) groups is 3. The molecule has 6 nitrogen and oxygen atoms in total. The minimum atomic E-state index is -0.985. The summed E-state index contributed by atoms with van der Waals surface area (Å²) in [6.07, 6.45) is 0.0867. The number of carboxylic acids is 1. The normalized spacial score (nSPS) is 15.3. The van der Waals surface area contributed by atoms with Crippen molar-refractivity contribution < 1.29 is 19.5 Å². The Hall–Kier alpha value is -3.77. The van der Waals surface area contributed by atoms with Crippen molar-refractivity contribution in [3.05, 3.63) is 95.6 Å². The second-order valence-electron chi connectivity index (χ2n) is 9.22. The Balaban J connectivity index is 1.66. The van der Waals surface area contributed by atoms with Gasteiger partial charge in [-0.3, -0.25) is 14.4 Å². The summed E-state index contributed by atoms with van der Waals surface area (Å²) in [5, 5.41) is 11.9. The van der Waals surface area contributed by atoms with Gasteiger partial charge in [-0.05, 0) is 42.2 Å². The molecule has 0 fully saturated rings. The monoisotopic (exact) mass is 456 g/mol. The van der Waals surface area contributed by atoms with E-state index in [-0.39, 0.29) is 31.2 Å². The number of rotatable bonds is 9. The van der Waals surface area contributed by atoms with Gasteiger partial charge in [0.1, 0.15) is 6.04 Å². The number of Topliss-reactive ketones (excluding diaryl/α,β-unsaturated/α-hetero) is 1. The molecule has 1 aliphatic rings. The number of hydrogen-bond acceptors (Lipinski definition) is 4. The Kier molecular flexibility index (Phi) is 6.61. The van der Waals surface area contributed by atoms with E-state index in [2.05, 4.69) is 5.32 Å². The fourth-order valence-corrected chi connectivity index (χ4v) is 4.53.